The molecule has 0 aliphatic heterocycles. The lowest BCUT2D eigenvalue weighted by Gasteiger charge is -2.22. The van der Waals surface area contributed by atoms with Crippen LogP contribution in [0.1, 0.15) is 25.0 Å². The minimum atomic E-state index is -0.0410. The summed E-state index contributed by atoms with van der Waals surface area (Å²) in [5.74, 6) is 1.86. The number of para-hydroxylation sites is 2. The van der Waals surface area contributed by atoms with Crippen molar-refractivity contribution < 1.29 is 0 Å². The van der Waals surface area contributed by atoms with Crippen molar-refractivity contribution in [2.45, 2.75) is 19.3 Å². The van der Waals surface area contributed by atoms with Gasteiger partial charge in [0.15, 0.2) is 11.6 Å². The van der Waals surface area contributed by atoms with Gasteiger partial charge in [-0.3, -0.25) is 4.57 Å². The first-order valence-corrected chi connectivity index (χ1v) is 17.8. The predicted molar refractivity (Wildman–Crippen MR) is 213 cm³/mol. The van der Waals surface area contributed by atoms with Gasteiger partial charge in [0.25, 0.3) is 0 Å². The normalized spacial score (nSPS) is 13.0. The van der Waals surface area contributed by atoms with Crippen molar-refractivity contribution in [1.82, 2.24) is 19.5 Å². The molecule has 1 aliphatic rings. The smallest absolute Gasteiger partial charge is 0.238 e. The molecule has 0 unspecified atom stereocenters. The van der Waals surface area contributed by atoms with Crippen LogP contribution in [0.15, 0.2) is 170 Å². The van der Waals surface area contributed by atoms with Gasteiger partial charge in [-0.05, 0) is 51.1 Å². The van der Waals surface area contributed by atoms with Gasteiger partial charge in [-0.1, -0.05) is 172 Å². The first-order valence-electron chi connectivity index (χ1n) is 17.8. The Balaban J connectivity index is 1.14. The second-order valence-corrected chi connectivity index (χ2v) is 14.1. The standard InChI is InChI=1S/C48H34N4/c1-48(2)41-22-11-9-18-37(41)38-29-28-35(30-42(38)48)31-24-26-32(27-25-31)36-20-13-21-40-39-19-10-12-23-43(39)52(44(36)40)47-50-45(33-14-5-3-6-15-33)49-46(51-47)34-16-7-4-8-17-34/h3-30H,1-2H3. The Morgan fingerprint density at radius 1 is 0.404 bits per heavy atom. The zero-order valence-electron chi connectivity index (χ0n) is 29.0. The summed E-state index contributed by atoms with van der Waals surface area (Å²) in [6.07, 6.45) is 0. The van der Waals surface area contributed by atoms with Crippen LogP contribution in [0.2, 0.25) is 0 Å². The average Bonchev–Trinajstić information content (AvgIpc) is 3.67. The van der Waals surface area contributed by atoms with E-state index in [0.717, 1.165) is 44.1 Å². The zero-order chi connectivity index (χ0) is 34.8. The second-order valence-electron chi connectivity index (χ2n) is 14.1. The summed E-state index contributed by atoms with van der Waals surface area (Å²) in [5, 5.41) is 2.31. The van der Waals surface area contributed by atoms with E-state index in [0.29, 0.717) is 17.6 Å². The third-order valence-corrected chi connectivity index (χ3v) is 10.7. The van der Waals surface area contributed by atoms with Gasteiger partial charge < -0.3 is 0 Å². The summed E-state index contributed by atoms with van der Waals surface area (Å²) in [6.45, 7) is 4.67. The molecule has 0 atom stereocenters. The molecular weight excluding hydrogens is 633 g/mol. The van der Waals surface area contributed by atoms with E-state index in [4.69, 9.17) is 15.0 Å². The van der Waals surface area contributed by atoms with E-state index >= 15 is 0 Å². The number of hydrogen-bond acceptors (Lipinski definition) is 3. The van der Waals surface area contributed by atoms with Crippen molar-refractivity contribution in [3.05, 3.63) is 181 Å². The monoisotopic (exact) mass is 666 g/mol. The van der Waals surface area contributed by atoms with Crippen LogP contribution in [-0.4, -0.2) is 19.5 Å². The Labute approximate surface area is 302 Å². The van der Waals surface area contributed by atoms with Crippen LogP contribution in [0.3, 0.4) is 0 Å². The summed E-state index contributed by atoms with van der Waals surface area (Å²) in [6, 6.07) is 60.1. The van der Waals surface area contributed by atoms with Gasteiger partial charge in [0.05, 0.1) is 11.0 Å². The van der Waals surface area contributed by atoms with Crippen LogP contribution in [0.5, 0.6) is 0 Å². The van der Waals surface area contributed by atoms with Crippen molar-refractivity contribution >= 4 is 21.8 Å². The first-order chi connectivity index (χ1) is 25.5. The quantitative estimate of drug-likeness (QED) is 0.184. The van der Waals surface area contributed by atoms with E-state index in [1.54, 1.807) is 0 Å². The maximum atomic E-state index is 5.16. The molecule has 10 rings (SSSR count). The lowest BCUT2D eigenvalue weighted by atomic mass is 9.81. The highest BCUT2D eigenvalue weighted by Crippen LogP contribution is 2.49. The van der Waals surface area contributed by atoms with Gasteiger partial charge in [0.1, 0.15) is 0 Å². The molecular formula is C48H34N4. The molecule has 0 saturated carbocycles. The average molecular weight is 667 g/mol. The Hall–Kier alpha value is -6.65. The molecule has 0 saturated heterocycles. The molecule has 0 spiro atoms. The molecule has 52 heavy (non-hydrogen) atoms. The fourth-order valence-corrected chi connectivity index (χ4v) is 8.08. The number of fused-ring (bicyclic) bond motifs is 6. The van der Waals surface area contributed by atoms with Gasteiger partial charge in [-0.15, -0.1) is 0 Å². The van der Waals surface area contributed by atoms with E-state index in [-0.39, 0.29) is 5.41 Å². The summed E-state index contributed by atoms with van der Waals surface area (Å²) in [4.78, 5) is 15.3. The molecule has 1 aliphatic carbocycles. The van der Waals surface area contributed by atoms with E-state index in [9.17, 15) is 0 Å². The Bertz CT molecular complexity index is 2740. The summed E-state index contributed by atoms with van der Waals surface area (Å²) in [5.41, 5.74) is 14.1. The highest BCUT2D eigenvalue weighted by atomic mass is 15.2. The van der Waals surface area contributed by atoms with Gasteiger partial charge in [-0.2, -0.15) is 9.97 Å². The molecule has 4 heteroatoms. The van der Waals surface area contributed by atoms with Crippen molar-refractivity contribution in [2.75, 3.05) is 0 Å². The predicted octanol–water partition coefficient (Wildman–Crippen LogP) is 11.9. The minimum Gasteiger partial charge on any atom is -0.277 e. The molecule has 246 valence electrons. The van der Waals surface area contributed by atoms with Crippen molar-refractivity contribution in [3.8, 4) is 62.1 Å². The summed E-state index contributed by atoms with van der Waals surface area (Å²) < 4.78 is 2.22. The molecule has 0 radical (unpaired) electrons. The number of rotatable bonds is 5. The molecule has 0 N–H and O–H groups in total. The van der Waals surface area contributed by atoms with Crippen LogP contribution in [0.4, 0.5) is 0 Å². The van der Waals surface area contributed by atoms with Gasteiger partial charge in [0.2, 0.25) is 5.95 Å². The van der Waals surface area contributed by atoms with Crippen LogP contribution in [-0.2, 0) is 5.41 Å². The minimum absolute atomic E-state index is 0.0410. The molecule has 4 nitrogen and oxygen atoms in total. The maximum absolute atomic E-state index is 5.16. The third-order valence-electron chi connectivity index (χ3n) is 10.7. The van der Waals surface area contributed by atoms with E-state index in [1.165, 1.54) is 33.4 Å². The fourth-order valence-electron chi connectivity index (χ4n) is 8.08. The molecule has 9 aromatic rings. The Morgan fingerprint density at radius 2 is 0.962 bits per heavy atom. The highest BCUT2D eigenvalue weighted by molar-refractivity contribution is 6.13. The van der Waals surface area contributed by atoms with Crippen molar-refractivity contribution in [3.63, 3.8) is 0 Å². The summed E-state index contributed by atoms with van der Waals surface area (Å²) >= 11 is 0. The first kappa shape index (κ1) is 30.2. The number of aromatic nitrogens is 4. The second kappa shape index (κ2) is 11.7. The molecule has 2 aromatic heterocycles. The highest BCUT2D eigenvalue weighted by Gasteiger charge is 2.35. The Kier molecular flexibility index (Phi) is 6.80. The largest absolute Gasteiger partial charge is 0.277 e. The third kappa shape index (κ3) is 4.72. The fraction of sp³-hybridized carbons (Fsp3) is 0.0625. The van der Waals surface area contributed by atoms with Crippen molar-refractivity contribution in [1.29, 1.82) is 0 Å². The van der Waals surface area contributed by atoms with Crippen LogP contribution < -0.4 is 0 Å². The molecule has 0 amide bonds. The topological polar surface area (TPSA) is 43.6 Å². The van der Waals surface area contributed by atoms with E-state index < -0.39 is 0 Å². The van der Waals surface area contributed by atoms with Crippen LogP contribution in [0, 0.1) is 0 Å². The molecule has 7 aromatic carbocycles. The number of benzene rings is 7. The van der Waals surface area contributed by atoms with Gasteiger partial charge >= 0.3 is 0 Å². The van der Waals surface area contributed by atoms with Crippen LogP contribution in [0.25, 0.3) is 83.9 Å². The Morgan fingerprint density at radius 3 is 1.69 bits per heavy atom. The van der Waals surface area contributed by atoms with Crippen molar-refractivity contribution in [2.24, 2.45) is 0 Å². The lowest BCUT2D eigenvalue weighted by Crippen LogP contribution is -2.14. The SMILES string of the molecule is CC1(C)c2ccccc2-c2ccc(-c3ccc(-c4cccc5c6ccccc6n(-c6nc(-c7ccccc7)nc(-c7ccccc7)n6)c45)cc3)cc21. The summed E-state index contributed by atoms with van der Waals surface area (Å²) in [7, 11) is 0. The van der Waals surface area contributed by atoms with Gasteiger partial charge in [0, 0.05) is 32.9 Å². The van der Waals surface area contributed by atoms with Crippen LogP contribution >= 0.6 is 0 Å². The van der Waals surface area contributed by atoms with E-state index in [1.807, 2.05) is 60.7 Å². The zero-order valence-corrected chi connectivity index (χ0v) is 29.0. The number of nitrogens with zero attached hydrogens (tertiary/aromatic N) is 4. The molecule has 0 bridgehead atoms. The molecule has 2 heterocycles. The number of hydrogen-bond donors (Lipinski definition) is 0. The lowest BCUT2D eigenvalue weighted by molar-refractivity contribution is 0.660. The molecule has 0 fully saturated rings. The maximum Gasteiger partial charge on any atom is 0.238 e. The van der Waals surface area contributed by atoms with Gasteiger partial charge in [-0.25, -0.2) is 4.98 Å². The van der Waals surface area contributed by atoms with E-state index in [2.05, 4.69) is 128 Å².